The summed E-state index contributed by atoms with van der Waals surface area (Å²) in [5.74, 6) is 0. The Labute approximate surface area is 87.7 Å². The zero-order valence-electron chi connectivity index (χ0n) is 5.47. The van der Waals surface area contributed by atoms with Gasteiger partial charge in [-0.25, -0.2) is 0 Å². The predicted molar refractivity (Wildman–Crippen MR) is 50.4 cm³/mol. The first-order chi connectivity index (χ1) is 5.75. The molecule has 0 N–H and O–H groups in total. The first kappa shape index (κ1) is 8.55. The van der Waals surface area contributed by atoms with Crippen molar-refractivity contribution < 1.29 is 0 Å². The molecule has 1 aliphatic carbocycles. The number of hydrogen-bond acceptors (Lipinski definition) is 3. The van der Waals surface area contributed by atoms with Crippen molar-refractivity contribution in [1.29, 1.82) is 5.26 Å². The summed E-state index contributed by atoms with van der Waals surface area (Å²) in [6, 6.07) is 2.00. The molecular formula is C6Cl2N2SSe. The number of aromatic nitrogens is 1. The summed E-state index contributed by atoms with van der Waals surface area (Å²) in [6.07, 6.45) is 0. The monoisotopic (exact) mass is 282 g/mol. The van der Waals surface area contributed by atoms with Crippen molar-refractivity contribution in [2.75, 3.05) is 0 Å². The topological polar surface area (TPSA) is 36.7 Å². The summed E-state index contributed by atoms with van der Waals surface area (Å²) in [5, 5.41) is 9.57. The molecule has 0 radical (unpaired) electrons. The van der Waals surface area contributed by atoms with Crippen molar-refractivity contribution in [3.63, 3.8) is 0 Å². The maximum atomic E-state index is 8.74. The first-order valence-corrected chi connectivity index (χ1v) is 7.24. The average molecular weight is 282 g/mol. The van der Waals surface area contributed by atoms with Gasteiger partial charge < -0.3 is 0 Å². The predicted octanol–water partition coefficient (Wildman–Crippen LogP) is 2.48. The van der Waals surface area contributed by atoms with Gasteiger partial charge in [-0.15, -0.1) is 0 Å². The van der Waals surface area contributed by atoms with E-state index in [1.165, 1.54) is 0 Å². The van der Waals surface area contributed by atoms with Gasteiger partial charge in [-0.1, -0.05) is 0 Å². The van der Waals surface area contributed by atoms with Gasteiger partial charge in [-0.05, 0) is 0 Å². The number of nitrogens with zero attached hydrogens (tertiary/aromatic N) is 2. The van der Waals surface area contributed by atoms with Crippen LogP contribution in [0.2, 0.25) is 10.0 Å². The summed E-state index contributed by atoms with van der Waals surface area (Å²) < 4.78 is 4.19. The van der Waals surface area contributed by atoms with Crippen LogP contribution in [-0.4, -0.2) is 17.6 Å². The molecule has 2 aliphatic rings. The molecule has 60 valence electrons. The van der Waals surface area contributed by atoms with Crippen molar-refractivity contribution in [3.8, 4) is 16.6 Å². The summed E-state index contributed by atoms with van der Waals surface area (Å²) in [6.45, 7) is 0. The van der Waals surface area contributed by atoms with E-state index < -0.39 is 0 Å². The van der Waals surface area contributed by atoms with Gasteiger partial charge in [0.2, 0.25) is 0 Å². The maximum absolute atomic E-state index is 8.74. The summed E-state index contributed by atoms with van der Waals surface area (Å²) >= 11 is 11.8. The number of rotatable bonds is 0. The second-order valence-corrected chi connectivity index (χ2v) is 5.89. The van der Waals surface area contributed by atoms with Crippen molar-refractivity contribution in [3.05, 3.63) is 15.6 Å². The molecule has 0 aromatic heterocycles. The van der Waals surface area contributed by atoms with Crippen molar-refractivity contribution in [1.82, 2.24) is 3.98 Å². The van der Waals surface area contributed by atoms with E-state index in [-0.39, 0.29) is 13.6 Å². The van der Waals surface area contributed by atoms with Gasteiger partial charge >= 0.3 is 88.0 Å². The average Bonchev–Trinajstić information content (AvgIpc) is 2.59. The van der Waals surface area contributed by atoms with E-state index in [0.717, 1.165) is 4.88 Å². The van der Waals surface area contributed by atoms with E-state index in [2.05, 4.69) is 3.98 Å². The van der Waals surface area contributed by atoms with Crippen LogP contribution in [0.25, 0.3) is 10.6 Å². The third-order valence-electron chi connectivity index (χ3n) is 1.42. The molecule has 0 unspecified atom stereocenters. The van der Waals surface area contributed by atoms with Gasteiger partial charge in [0.05, 0.1) is 0 Å². The van der Waals surface area contributed by atoms with Crippen LogP contribution in [0.4, 0.5) is 0 Å². The van der Waals surface area contributed by atoms with Gasteiger partial charge in [-0.2, -0.15) is 0 Å². The van der Waals surface area contributed by atoms with Crippen LogP contribution in [0.5, 0.6) is 0 Å². The van der Waals surface area contributed by atoms with Crippen LogP contribution < -0.4 is 0 Å². The van der Waals surface area contributed by atoms with Gasteiger partial charge in [0.1, 0.15) is 0 Å². The molecule has 0 amide bonds. The Balaban J connectivity index is 2.87. The number of fused-ring (bicyclic) bond motifs is 1. The van der Waals surface area contributed by atoms with Crippen LogP contribution >= 0.6 is 32.9 Å². The van der Waals surface area contributed by atoms with Crippen LogP contribution in [0.3, 0.4) is 0 Å². The third kappa shape index (κ3) is 1.02. The van der Waals surface area contributed by atoms with E-state index in [1.807, 2.05) is 6.07 Å². The van der Waals surface area contributed by atoms with Crippen LogP contribution in [0.15, 0.2) is 0 Å². The standard InChI is InChI=1S/C6Cl2N2SSe/c7-3-2(1-9)5-6(4(3)8)11-12-10-5. The third-order valence-corrected chi connectivity index (χ3v) is 5.47. The number of hydrogen-bond donors (Lipinski definition) is 0. The van der Waals surface area contributed by atoms with Gasteiger partial charge in [0.15, 0.2) is 0 Å². The second kappa shape index (κ2) is 3.02. The minimum atomic E-state index is 0.129. The molecule has 0 bridgehead atoms. The molecule has 2 rings (SSSR count). The number of nitriles is 1. The second-order valence-electron chi connectivity index (χ2n) is 2.04. The summed E-state index contributed by atoms with van der Waals surface area (Å²) in [4.78, 5) is 0.873. The fourth-order valence-corrected chi connectivity index (χ4v) is 5.08. The summed E-state index contributed by atoms with van der Waals surface area (Å²) in [5.41, 5.74) is 1.11. The minimum absolute atomic E-state index is 0.129. The Hall–Kier alpha value is -0.0405. The van der Waals surface area contributed by atoms with Crippen LogP contribution in [-0.2, 0) is 0 Å². The molecule has 1 heterocycles. The molecule has 0 fully saturated rings. The molecule has 0 atom stereocenters. The van der Waals surface area contributed by atoms with Gasteiger partial charge in [0.25, 0.3) is 0 Å². The van der Waals surface area contributed by atoms with E-state index in [1.54, 1.807) is 9.72 Å². The van der Waals surface area contributed by atoms with Crippen molar-refractivity contribution >= 4 is 46.5 Å². The van der Waals surface area contributed by atoms with Crippen molar-refractivity contribution in [2.24, 2.45) is 0 Å². The molecule has 0 spiro atoms. The van der Waals surface area contributed by atoms with Gasteiger partial charge in [-0.3, -0.25) is 0 Å². The molecule has 0 aromatic carbocycles. The normalized spacial score (nSPS) is 10.4. The Morgan fingerprint density at radius 1 is 1.42 bits per heavy atom. The Morgan fingerprint density at radius 2 is 2.17 bits per heavy atom. The van der Waals surface area contributed by atoms with E-state index >= 15 is 0 Å². The number of halogens is 2. The fourth-order valence-electron chi connectivity index (χ4n) is 0.889. The SMILES string of the molecule is N#Cc1c2n[se]sc-2c(Cl)c1Cl. The van der Waals surface area contributed by atoms with Crippen LogP contribution in [0.1, 0.15) is 5.56 Å². The van der Waals surface area contributed by atoms with E-state index in [4.69, 9.17) is 28.5 Å². The van der Waals surface area contributed by atoms with Crippen LogP contribution in [0, 0.1) is 11.3 Å². The molecule has 0 saturated heterocycles. The zero-order chi connectivity index (χ0) is 8.72. The fraction of sp³-hybridized carbons (Fsp3) is 0. The Bertz CT molecular complexity index is 441. The molecular weight excluding hydrogens is 282 g/mol. The molecule has 1 aliphatic heterocycles. The molecule has 12 heavy (non-hydrogen) atoms. The quantitative estimate of drug-likeness (QED) is 0.696. The van der Waals surface area contributed by atoms with E-state index in [0.29, 0.717) is 21.3 Å². The van der Waals surface area contributed by atoms with Gasteiger partial charge in [0, 0.05) is 0 Å². The summed E-state index contributed by atoms with van der Waals surface area (Å²) in [7, 11) is 1.57. The molecule has 2 nitrogen and oxygen atoms in total. The molecule has 0 aromatic rings. The van der Waals surface area contributed by atoms with E-state index in [9.17, 15) is 0 Å². The first-order valence-electron chi connectivity index (χ1n) is 2.88. The van der Waals surface area contributed by atoms with Crippen molar-refractivity contribution in [2.45, 2.75) is 0 Å². The Morgan fingerprint density at radius 3 is 2.83 bits per heavy atom. The molecule has 0 saturated carbocycles. The zero-order valence-corrected chi connectivity index (χ0v) is 9.51. The Kier molecular flexibility index (Phi) is 2.16. The molecule has 6 heteroatoms.